The Morgan fingerprint density at radius 1 is 1.03 bits per heavy atom. The molecule has 0 saturated heterocycles. The fraction of sp³-hybridized carbons (Fsp3) is 0.0455. The van der Waals surface area contributed by atoms with Crippen molar-refractivity contribution in [1.82, 2.24) is 10.2 Å². The fourth-order valence-electron chi connectivity index (χ4n) is 3.27. The SMILES string of the molecule is O=c1cc(CSc2nnc(Nc3ccccc3F)s2)c2c(ccc3ccccc32)o1. The first-order valence-corrected chi connectivity index (χ1v) is 10.9. The van der Waals surface area contributed by atoms with Crippen molar-refractivity contribution in [2.75, 3.05) is 5.32 Å². The monoisotopic (exact) mass is 435 g/mol. The summed E-state index contributed by atoms with van der Waals surface area (Å²) in [5.41, 5.74) is 1.41. The fourth-order valence-corrected chi connectivity index (χ4v) is 5.01. The van der Waals surface area contributed by atoms with E-state index in [0.717, 1.165) is 26.1 Å². The summed E-state index contributed by atoms with van der Waals surface area (Å²) in [7, 11) is 0. The molecule has 0 fully saturated rings. The topological polar surface area (TPSA) is 68.0 Å². The number of hydrogen-bond acceptors (Lipinski definition) is 7. The highest BCUT2D eigenvalue weighted by Gasteiger charge is 2.12. The second-order valence-corrected chi connectivity index (χ2v) is 8.72. The second-order valence-electron chi connectivity index (χ2n) is 6.52. The molecule has 1 N–H and O–H groups in total. The van der Waals surface area contributed by atoms with E-state index in [1.807, 2.05) is 36.4 Å². The molecule has 0 bridgehead atoms. The number of nitrogens with one attached hydrogen (secondary N) is 1. The third-order valence-electron chi connectivity index (χ3n) is 4.59. The molecule has 30 heavy (non-hydrogen) atoms. The lowest BCUT2D eigenvalue weighted by Crippen LogP contribution is -2.00. The van der Waals surface area contributed by atoms with Gasteiger partial charge in [0.1, 0.15) is 11.4 Å². The predicted molar refractivity (Wildman–Crippen MR) is 119 cm³/mol. The number of hydrogen-bond donors (Lipinski definition) is 1. The minimum Gasteiger partial charge on any atom is -0.423 e. The smallest absolute Gasteiger partial charge is 0.336 e. The van der Waals surface area contributed by atoms with E-state index in [-0.39, 0.29) is 11.4 Å². The third-order valence-corrected chi connectivity index (χ3v) is 6.61. The van der Waals surface area contributed by atoms with Crippen LogP contribution < -0.4 is 10.9 Å². The number of benzene rings is 3. The molecule has 5 nitrogen and oxygen atoms in total. The summed E-state index contributed by atoms with van der Waals surface area (Å²) < 4.78 is 19.9. The van der Waals surface area contributed by atoms with E-state index in [1.54, 1.807) is 18.2 Å². The molecular weight excluding hydrogens is 421 g/mol. The Hall–Kier alpha value is -3.23. The van der Waals surface area contributed by atoms with Crippen molar-refractivity contribution in [2.45, 2.75) is 10.1 Å². The minimum absolute atomic E-state index is 0.350. The maximum Gasteiger partial charge on any atom is 0.336 e. The molecule has 148 valence electrons. The third kappa shape index (κ3) is 3.67. The molecule has 5 rings (SSSR count). The number of halogens is 1. The van der Waals surface area contributed by atoms with Crippen LogP contribution in [0.2, 0.25) is 0 Å². The summed E-state index contributed by atoms with van der Waals surface area (Å²) >= 11 is 2.80. The molecule has 2 aromatic heterocycles. The molecule has 0 atom stereocenters. The number of nitrogens with zero attached hydrogens (tertiary/aromatic N) is 2. The molecule has 0 saturated carbocycles. The van der Waals surface area contributed by atoms with Crippen molar-refractivity contribution < 1.29 is 8.81 Å². The van der Waals surface area contributed by atoms with E-state index in [0.29, 0.717) is 22.2 Å². The normalized spacial score (nSPS) is 11.2. The van der Waals surface area contributed by atoms with Gasteiger partial charge in [-0.1, -0.05) is 65.6 Å². The highest BCUT2D eigenvalue weighted by atomic mass is 32.2. The zero-order chi connectivity index (χ0) is 20.5. The summed E-state index contributed by atoms with van der Waals surface area (Å²) in [4.78, 5) is 12.0. The van der Waals surface area contributed by atoms with E-state index in [4.69, 9.17) is 4.42 Å². The van der Waals surface area contributed by atoms with Crippen LogP contribution in [0.4, 0.5) is 15.2 Å². The predicted octanol–water partition coefficient (Wildman–Crippen LogP) is 5.97. The standard InChI is InChI=1S/C22H14FN3O2S2/c23-16-7-3-4-8-17(16)24-21-25-26-22(30-21)29-12-14-11-19(27)28-18-10-9-13-5-1-2-6-15(13)20(14)18/h1-11H,12H2,(H,24,25). The lowest BCUT2D eigenvalue weighted by atomic mass is 10.0. The van der Waals surface area contributed by atoms with Crippen LogP contribution in [0.3, 0.4) is 0 Å². The zero-order valence-corrected chi connectivity index (χ0v) is 17.1. The Morgan fingerprint density at radius 3 is 2.77 bits per heavy atom. The first-order valence-electron chi connectivity index (χ1n) is 9.10. The first kappa shape index (κ1) is 18.8. The van der Waals surface area contributed by atoms with Crippen molar-refractivity contribution in [2.24, 2.45) is 0 Å². The van der Waals surface area contributed by atoms with Gasteiger partial charge in [0.25, 0.3) is 0 Å². The Labute approximate surface area is 178 Å². The molecule has 5 aromatic rings. The maximum absolute atomic E-state index is 13.8. The van der Waals surface area contributed by atoms with Crippen LogP contribution >= 0.6 is 23.1 Å². The summed E-state index contributed by atoms with van der Waals surface area (Å²) in [5.74, 6) is 0.181. The van der Waals surface area contributed by atoms with Crippen molar-refractivity contribution in [3.05, 3.63) is 88.5 Å². The van der Waals surface area contributed by atoms with Gasteiger partial charge in [0.05, 0.1) is 5.69 Å². The second kappa shape index (κ2) is 7.89. The van der Waals surface area contributed by atoms with Crippen LogP contribution in [-0.2, 0) is 5.75 Å². The van der Waals surface area contributed by atoms with Gasteiger partial charge in [-0.2, -0.15) is 0 Å². The lowest BCUT2D eigenvalue weighted by molar-refractivity contribution is 0.560. The Morgan fingerprint density at radius 2 is 1.87 bits per heavy atom. The summed E-state index contributed by atoms with van der Waals surface area (Å²) in [6.45, 7) is 0. The van der Waals surface area contributed by atoms with Gasteiger partial charge in [-0.25, -0.2) is 9.18 Å². The van der Waals surface area contributed by atoms with Crippen LogP contribution in [0.5, 0.6) is 0 Å². The van der Waals surface area contributed by atoms with Crippen LogP contribution in [-0.4, -0.2) is 10.2 Å². The maximum atomic E-state index is 13.8. The van der Waals surface area contributed by atoms with Gasteiger partial charge < -0.3 is 9.73 Å². The highest BCUT2D eigenvalue weighted by Crippen LogP contribution is 2.34. The van der Waals surface area contributed by atoms with Gasteiger partial charge in [-0.15, -0.1) is 10.2 Å². The molecule has 2 heterocycles. The number of aromatic nitrogens is 2. The van der Waals surface area contributed by atoms with E-state index in [9.17, 15) is 9.18 Å². The van der Waals surface area contributed by atoms with E-state index < -0.39 is 0 Å². The Bertz CT molecular complexity index is 1430. The van der Waals surface area contributed by atoms with Crippen molar-refractivity contribution in [1.29, 1.82) is 0 Å². The van der Waals surface area contributed by atoms with Gasteiger partial charge in [0, 0.05) is 17.2 Å². The van der Waals surface area contributed by atoms with Gasteiger partial charge in [-0.3, -0.25) is 0 Å². The summed E-state index contributed by atoms with van der Waals surface area (Å²) in [6.07, 6.45) is 0. The summed E-state index contributed by atoms with van der Waals surface area (Å²) in [6, 6.07) is 19.7. The van der Waals surface area contributed by atoms with Crippen LogP contribution in [0.1, 0.15) is 5.56 Å². The number of thioether (sulfide) groups is 1. The molecule has 0 aliphatic carbocycles. The molecule has 0 radical (unpaired) electrons. The quantitative estimate of drug-likeness (QED) is 0.208. The lowest BCUT2D eigenvalue weighted by Gasteiger charge is -2.07. The van der Waals surface area contributed by atoms with Crippen LogP contribution in [0.15, 0.2) is 80.3 Å². The van der Waals surface area contributed by atoms with Gasteiger partial charge in [0.15, 0.2) is 4.34 Å². The average Bonchev–Trinajstić information content (AvgIpc) is 3.20. The van der Waals surface area contributed by atoms with E-state index >= 15 is 0 Å². The average molecular weight is 436 g/mol. The first-order chi connectivity index (χ1) is 14.7. The Kier molecular flexibility index (Phi) is 4.94. The molecule has 3 aromatic carbocycles. The van der Waals surface area contributed by atoms with Crippen molar-refractivity contribution >= 4 is 55.7 Å². The van der Waals surface area contributed by atoms with Crippen molar-refractivity contribution in [3.8, 4) is 0 Å². The molecule has 0 unspecified atom stereocenters. The minimum atomic E-state index is -0.382. The van der Waals surface area contributed by atoms with Crippen LogP contribution in [0, 0.1) is 5.82 Å². The highest BCUT2D eigenvalue weighted by molar-refractivity contribution is 8.00. The van der Waals surface area contributed by atoms with Crippen molar-refractivity contribution in [3.63, 3.8) is 0 Å². The van der Waals surface area contributed by atoms with E-state index in [2.05, 4.69) is 15.5 Å². The molecule has 8 heteroatoms. The number of para-hydroxylation sites is 1. The number of anilines is 2. The molecule has 0 aliphatic rings. The van der Waals surface area contributed by atoms with Crippen LogP contribution in [0.25, 0.3) is 21.7 Å². The number of rotatable bonds is 5. The largest absolute Gasteiger partial charge is 0.423 e. The number of fused-ring (bicyclic) bond motifs is 3. The molecular formula is C22H14FN3O2S2. The van der Waals surface area contributed by atoms with Gasteiger partial charge in [-0.05, 0) is 34.5 Å². The zero-order valence-electron chi connectivity index (χ0n) is 15.5. The molecule has 0 amide bonds. The van der Waals surface area contributed by atoms with Gasteiger partial charge >= 0.3 is 5.63 Å². The van der Waals surface area contributed by atoms with Gasteiger partial charge in [0.2, 0.25) is 5.13 Å². The summed E-state index contributed by atoms with van der Waals surface area (Å²) in [5, 5.41) is 14.7. The molecule has 0 spiro atoms. The molecule has 0 aliphatic heterocycles. The van der Waals surface area contributed by atoms with E-state index in [1.165, 1.54) is 35.2 Å². The Balaban J connectivity index is 1.43.